The number of hydrogen-bond acceptors (Lipinski definition) is 3. The van der Waals surface area contributed by atoms with E-state index in [1.165, 1.54) is 4.90 Å². The zero-order chi connectivity index (χ0) is 17.5. The summed E-state index contributed by atoms with van der Waals surface area (Å²) >= 11 is 0. The van der Waals surface area contributed by atoms with E-state index in [-0.39, 0.29) is 30.3 Å². The van der Waals surface area contributed by atoms with Gasteiger partial charge in [0.05, 0.1) is 5.92 Å². The first-order valence-electron chi connectivity index (χ1n) is 7.86. The van der Waals surface area contributed by atoms with Gasteiger partial charge in [-0.05, 0) is 0 Å². The third-order valence-electron chi connectivity index (χ3n) is 3.85. The summed E-state index contributed by atoms with van der Waals surface area (Å²) in [4.78, 5) is 38.7. The molecule has 0 fully saturated rings. The molecular formula is C20H21NO3. The van der Waals surface area contributed by atoms with Crippen LogP contribution in [-0.4, -0.2) is 36.5 Å². The van der Waals surface area contributed by atoms with Crippen LogP contribution in [0.4, 0.5) is 0 Å². The Kier molecular flexibility index (Phi) is 6.01. The molecule has 0 bridgehead atoms. The third-order valence-corrected chi connectivity index (χ3v) is 3.85. The van der Waals surface area contributed by atoms with Crippen molar-refractivity contribution < 1.29 is 14.4 Å². The highest BCUT2D eigenvalue weighted by molar-refractivity contribution is 6.02. The quantitative estimate of drug-likeness (QED) is 0.735. The van der Waals surface area contributed by atoms with E-state index in [4.69, 9.17) is 0 Å². The number of benzene rings is 2. The molecule has 0 spiro atoms. The molecule has 0 aliphatic carbocycles. The number of amides is 1. The van der Waals surface area contributed by atoms with Crippen molar-refractivity contribution in [3.8, 4) is 0 Å². The monoisotopic (exact) mass is 323 g/mol. The Labute approximate surface area is 142 Å². The van der Waals surface area contributed by atoms with E-state index in [1.54, 1.807) is 62.6 Å². The molecule has 4 nitrogen and oxygen atoms in total. The Morgan fingerprint density at radius 1 is 0.750 bits per heavy atom. The molecule has 0 heterocycles. The van der Waals surface area contributed by atoms with Crippen molar-refractivity contribution >= 4 is 17.5 Å². The van der Waals surface area contributed by atoms with Gasteiger partial charge in [0.2, 0.25) is 5.91 Å². The van der Waals surface area contributed by atoms with Crippen LogP contribution in [0.1, 0.15) is 33.6 Å². The topological polar surface area (TPSA) is 54.5 Å². The lowest BCUT2D eigenvalue weighted by atomic mass is 9.90. The van der Waals surface area contributed by atoms with Crippen molar-refractivity contribution in [3.05, 3.63) is 71.8 Å². The molecule has 2 rings (SSSR count). The number of hydrogen-bond donors (Lipinski definition) is 0. The molecule has 1 amide bonds. The van der Waals surface area contributed by atoms with Crippen LogP contribution in [-0.2, 0) is 4.79 Å². The van der Waals surface area contributed by atoms with Gasteiger partial charge in [0.1, 0.15) is 0 Å². The molecule has 124 valence electrons. The fourth-order valence-electron chi connectivity index (χ4n) is 2.54. The second kappa shape index (κ2) is 8.20. The summed E-state index contributed by atoms with van der Waals surface area (Å²) in [6, 6.07) is 17.7. The molecule has 24 heavy (non-hydrogen) atoms. The van der Waals surface area contributed by atoms with Crippen molar-refractivity contribution in [2.24, 2.45) is 5.92 Å². The zero-order valence-electron chi connectivity index (χ0n) is 13.9. The van der Waals surface area contributed by atoms with Crippen LogP contribution in [0.2, 0.25) is 0 Å². The van der Waals surface area contributed by atoms with Gasteiger partial charge in [-0.2, -0.15) is 0 Å². The number of carbonyl (C=O) groups is 3. The van der Waals surface area contributed by atoms with E-state index in [0.29, 0.717) is 11.1 Å². The Morgan fingerprint density at radius 3 is 1.46 bits per heavy atom. The molecule has 0 unspecified atom stereocenters. The minimum atomic E-state index is -0.652. The largest absolute Gasteiger partial charge is 0.349 e. The van der Waals surface area contributed by atoms with E-state index in [9.17, 15) is 14.4 Å². The van der Waals surface area contributed by atoms with Crippen LogP contribution in [0.5, 0.6) is 0 Å². The molecular weight excluding hydrogens is 302 g/mol. The standard InChI is InChI=1S/C20H21NO3/c1-21(2)20(24)17(13-18(22)15-9-5-3-6-10-15)14-19(23)16-11-7-4-8-12-16/h3-12,17H,13-14H2,1-2H3. The maximum absolute atomic E-state index is 12.4. The van der Waals surface area contributed by atoms with Gasteiger partial charge < -0.3 is 4.90 Å². The van der Waals surface area contributed by atoms with Crippen molar-refractivity contribution in [3.63, 3.8) is 0 Å². The summed E-state index contributed by atoms with van der Waals surface area (Å²) in [5.74, 6) is -1.11. The lowest BCUT2D eigenvalue weighted by Gasteiger charge is -2.19. The molecule has 4 heteroatoms. The van der Waals surface area contributed by atoms with Gasteiger partial charge in [0.15, 0.2) is 11.6 Å². The minimum absolute atomic E-state index is 0.0274. The molecule has 0 N–H and O–H groups in total. The molecule has 0 saturated carbocycles. The molecule has 0 aliphatic rings. The molecule has 2 aromatic rings. The maximum Gasteiger partial charge on any atom is 0.226 e. The second-order valence-corrected chi connectivity index (χ2v) is 5.92. The Morgan fingerprint density at radius 2 is 1.12 bits per heavy atom. The van der Waals surface area contributed by atoms with Gasteiger partial charge in [-0.15, -0.1) is 0 Å². The number of Topliss-reactive ketones (excluding diaryl/α,β-unsaturated/α-hetero) is 2. The van der Waals surface area contributed by atoms with Gasteiger partial charge in [-0.3, -0.25) is 14.4 Å². The Bertz CT molecular complexity index is 655. The number of nitrogens with zero attached hydrogens (tertiary/aromatic N) is 1. The number of carbonyl (C=O) groups excluding carboxylic acids is 3. The molecule has 2 aromatic carbocycles. The Balaban J connectivity index is 2.15. The van der Waals surface area contributed by atoms with E-state index < -0.39 is 5.92 Å². The third kappa shape index (κ3) is 4.62. The van der Waals surface area contributed by atoms with Crippen molar-refractivity contribution in [2.45, 2.75) is 12.8 Å². The van der Waals surface area contributed by atoms with E-state index in [0.717, 1.165) is 0 Å². The predicted octanol–water partition coefficient (Wildman–Crippen LogP) is 3.24. The number of rotatable bonds is 7. The van der Waals surface area contributed by atoms with Crippen LogP contribution < -0.4 is 0 Å². The van der Waals surface area contributed by atoms with Gasteiger partial charge in [0.25, 0.3) is 0 Å². The normalized spacial score (nSPS) is 10.5. The van der Waals surface area contributed by atoms with Crippen molar-refractivity contribution in [2.75, 3.05) is 14.1 Å². The average Bonchev–Trinajstić information content (AvgIpc) is 2.61. The zero-order valence-corrected chi connectivity index (χ0v) is 13.9. The number of ketones is 2. The van der Waals surface area contributed by atoms with Gasteiger partial charge >= 0.3 is 0 Å². The molecule has 0 atom stereocenters. The van der Waals surface area contributed by atoms with Crippen LogP contribution in [0, 0.1) is 5.92 Å². The second-order valence-electron chi connectivity index (χ2n) is 5.92. The highest BCUT2D eigenvalue weighted by Gasteiger charge is 2.26. The summed E-state index contributed by atoms with van der Waals surface area (Å²) in [6.07, 6.45) is 0.0548. The van der Waals surface area contributed by atoms with E-state index in [1.807, 2.05) is 12.1 Å². The van der Waals surface area contributed by atoms with Gasteiger partial charge in [0, 0.05) is 38.1 Å². The van der Waals surface area contributed by atoms with Crippen LogP contribution >= 0.6 is 0 Å². The summed E-state index contributed by atoms with van der Waals surface area (Å²) in [5.41, 5.74) is 1.11. The van der Waals surface area contributed by atoms with Crippen molar-refractivity contribution in [1.29, 1.82) is 0 Å². The first kappa shape index (κ1) is 17.6. The fourth-order valence-corrected chi connectivity index (χ4v) is 2.54. The smallest absolute Gasteiger partial charge is 0.226 e. The van der Waals surface area contributed by atoms with Crippen LogP contribution in [0.15, 0.2) is 60.7 Å². The van der Waals surface area contributed by atoms with E-state index >= 15 is 0 Å². The fraction of sp³-hybridized carbons (Fsp3) is 0.250. The maximum atomic E-state index is 12.4. The Hall–Kier alpha value is -2.75. The lowest BCUT2D eigenvalue weighted by Crippen LogP contribution is -2.32. The summed E-state index contributed by atoms with van der Waals surface area (Å²) in [6.45, 7) is 0. The van der Waals surface area contributed by atoms with Crippen LogP contribution in [0.25, 0.3) is 0 Å². The lowest BCUT2D eigenvalue weighted by molar-refractivity contribution is -0.132. The molecule has 0 aromatic heterocycles. The van der Waals surface area contributed by atoms with Gasteiger partial charge in [-0.1, -0.05) is 60.7 Å². The summed E-state index contributed by atoms with van der Waals surface area (Å²) in [7, 11) is 3.27. The highest BCUT2D eigenvalue weighted by Crippen LogP contribution is 2.19. The van der Waals surface area contributed by atoms with Crippen LogP contribution in [0.3, 0.4) is 0 Å². The first-order valence-corrected chi connectivity index (χ1v) is 7.86. The van der Waals surface area contributed by atoms with Crippen molar-refractivity contribution in [1.82, 2.24) is 4.90 Å². The van der Waals surface area contributed by atoms with E-state index in [2.05, 4.69) is 0 Å². The molecule has 0 saturated heterocycles. The summed E-state index contributed by atoms with van der Waals surface area (Å²) < 4.78 is 0. The SMILES string of the molecule is CN(C)C(=O)C(CC(=O)c1ccccc1)CC(=O)c1ccccc1. The molecule has 0 aliphatic heterocycles. The predicted molar refractivity (Wildman–Crippen MR) is 93.0 cm³/mol. The first-order chi connectivity index (χ1) is 11.5. The molecule has 0 radical (unpaired) electrons. The minimum Gasteiger partial charge on any atom is -0.349 e. The average molecular weight is 323 g/mol. The summed E-state index contributed by atoms with van der Waals surface area (Å²) in [5, 5.41) is 0. The van der Waals surface area contributed by atoms with Gasteiger partial charge in [-0.25, -0.2) is 0 Å². The highest BCUT2D eigenvalue weighted by atomic mass is 16.2.